The van der Waals surface area contributed by atoms with Crippen molar-refractivity contribution in [2.24, 2.45) is 0 Å². The SMILES string of the molecule is FC(F)(F)c1ccccc1CN1CCN(Cc2c[nH]c3ccccc23)CC1. The van der Waals surface area contributed by atoms with Crippen LogP contribution in [0.1, 0.15) is 16.7 Å². The summed E-state index contributed by atoms with van der Waals surface area (Å²) < 4.78 is 39.5. The summed E-state index contributed by atoms with van der Waals surface area (Å²) in [4.78, 5) is 7.77. The standard InChI is InChI=1S/C21H22F3N3/c22-21(23,24)19-7-3-1-5-16(19)14-26-9-11-27(12-10-26)15-17-13-25-20-8-4-2-6-18(17)20/h1-8,13,25H,9-12,14-15H2. The number of nitrogens with zero attached hydrogens (tertiary/aromatic N) is 2. The van der Waals surface area contributed by atoms with Crippen molar-refractivity contribution in [1.29, 1.82) is 0 Å². The van der Waals surface area contributed by atoms with Gasteiger partial charge in [0, 0.05) is 56.4 Å². The average molecular weight is 373 g/mol. The number of aromatic nitrogens is 1. The molecule has 27 heavy (non-hydrogen) atoms. The molecule has 6 heteroatoms. The lowest BCUT2D eigenvalue weighted by atomic mass is 10.1. The van der Waals surface area contributed by atoms with E-state index in [1.54, 1.807) is 12.1 Å². The zero-order valence-electron chi connectivity index (χ0n) is 15.0. The molecule has 0 aliphatic carbocycles. The number of benzene rings is 2. The highest BCUT2D eigenvalue weighted by Crippen LogP contribution is 2.32. The summed E-state index contributed by atoms with van der Waals surface area (Å²) in [6.45, 7) is 4.46. The van der Waals surface area contributed by atoms with Crippen LogP contribution in [0, 0.1) is 0 Å². The first-order chi connectivity index (χ1) is 13.0. The van der Waals surface area contributed by atoms with E-state index in [0.29, 0.717) is 12.1 Å². The first kappa shape index (κ1) is 18.1. The van der Waals surface area contributed by atoms with Gasteiger partial charge in [-0.25, -0.2) is 0 Å². The van der Waals surface area contributed by atoms with Crippen molar-refractivity contribution in [2.75, 3.05) is 26.2 Å². The first-order valence-electron chi connectivity index (χ1n) is 9.15. The molecule has 0 atom stereocenters. The molecule has 1 N–H and O–H groups in total. The number of halogens is 3. The number of hydrogen-bond acceptors (Lipinski definition) is 2. The smallest absolute Gasteiger partial charge is 0.361 e. The fraction of sp³-hybridized carbons (Fsp3) is 0.333. The van der Waals surface area contributed by atoms with E-state index in [4.69, 9.17) is 0 Å². The molecule has 0 unspecified atom stereocenters. The molecule has 4 rings (SSSR count). The summed E-state index contributed by atoms with van der Waals surface area (Å²) in [5, 5.41) is 1.24. The molecule has 0 saturated carbocycles. The minimum atomic E-state index is -4.30. The predicted molar refractivity (Wildman–Crippen MR) is 100 cm³/mol. The third kappa shape index (κ3) is 4.01. The average Bonchev–Trinajstić information content (AvgIpc) is 3.06. The summed E-state index contributed by atoms with van der Waals surface area (Å²) in [5.74, 6) is 0. The Hall–Kier alpha value is -2.31. The molecule has 2 aromatic carbocycles. The summed E-state index contributed by atoms with van der Waals surface area (Å²) >= 11 is 0. The highest BCUT2D eigenvalue weighted by atomic mass is 19.4. The molecule has 1 fully saturated rings. The minimum absolute atomic E-state index is 0.344. The maximum absolute atomic E-state index is 13.2. The molecule has 1 aliphatic heterocycles. The van der Waals surface area contributed by atoms with Gasteiger partial charge in [0.2, 0.25) is 0 Å². The lowest BCUT2D eigenvalue weighted by molar-refractivity contribution is -0.138. The number of para-hydroxylation sites is 1. The molecule has 0 bridgehead atoms. The number of fused-ring (bicyclic) bond motifs is 1. The summed E-state index contributed by atoms with van der Waals surface area (Å²) in [5.41, 5.74) is 2.23. The fourth-order valence-corrected chi connectivity index (χ4v) is 3.78. The van der Waals surface area contributed by atoms with E-state index >= 15 is 0 Å². The third-order valence-electron chi connectivity index (χ3n) is 5.25. The molecule has 0 spiro atoms. The van der Waals surface area contributed by atoms with Gasteiger partial charge in [-0.15, -0.1) is 0 Å². The van der Waals surface area contributed by atoms with Crippen LogP contribution >= 0.6 is 0 Å². The lowest BCUT2D eigenvalue weighted by Gasteiger charge is -2.35. The van der Waals surface area contributed by atoms with Gasteiger partial charge in [0.05, 0.1) is 5.56 Å². The molecule has 3 nitrogen and oxygen atoms in total. The van der Waals surface area contributed by atoms with Gasteiger partial charge in [0.15, 0.2) is 0 Å². The second-order valence-electron chi connectivity index (χ2n) is 7.07. The van der Waals surface area contributed by atoms with Crippen molar-refractivity contribution in [3.63, 3.8) is 0 Å². The maximum atomic E-state index is 13.2. The maximum Gasteiger partial charge on any atom is 0.416 e. The van der Waals surface area contributed by atoms with Gasteiger partial charge in [-0.1, -0.05) is 36.4 Å². The highest BCUT2D eigenvalue weighted by molar-refractivity contribution is 5.82. The Morgan fingerprint density at radius 3 is 2.07 bits per heavy atom. The van der Waals surface area contributed by atoms with Crippen molar-refractivity contribution in [3.05, 3.63) is 71.4 Å². The van der Waals surface area contributed by atoms with Gasteiger partial charge in [0.1, 0.15) is 0 Å². The van der Waals surface area contributed by atoms with Gasteiger partial charge in [-0.2, -0.15) is 13.2 Å². The normalized spacial score (nSPS) is 16.9. The van der Waals surface area contributed by atoms with Crippen molar-refractivity contribution >= 4 is 10.9 Å². The van der Waals surface area contributed by atoms with Crippen LogP contribution in [0.15, 0.2) is 54.7 Å². The number of nitrogens with one attached hydrogen (secondary N) is 1. The number of H-pyrrole nitrogens is 1. The van der Waals surface area contributed by atoms with Crippen molar-refractivity contribution in [3.8, 4) is 0 Å². The molecule has 0 amide bonds. The number of aromatic amines is 1. The van der Waals surface area contributed by atoms with Gasteiger partial charge >= 0.3 is 6.18 Å². The number of hydrogen-bond donors (Lipinski definition) is 1. The van der Waals surface area contributed by atoms with Crippen LogP contribution in [-0.4, -0.2) is 41.0 Å². The molecule has 1 aromatic heterocycles. The lowest BCUT2D eigenvalue weighted by Crippen LogP contribution is -2.45. The van der Waals surface area contributed by atoms with Crippen molar-refractivity contribution < 1.29 is 13.2 Å². The molecule has 3 aromatic rings. The summed E-state index contributed by atoms with van der Waals surface area (Å²) in [6.07, 6.45) is -2.25. The Labute approximate surface area is 156 Å². The second kappa shape index (κ2) is 7.37. The molecular formula is C21H22F3N3. The third-order valence-corrected chi connectivity index (χ3v) is 5.25. The molecule has 142 valence electrons. The first-order valence-corrected chi connectivity index (χ1v) is 9.15. The Morgan fingerprint density at radius 2 is 1.37 bits per heavy atom. The van der Waals surface area contributed by atoms with E-state index < -0.39 is 11.7 Å². The minimum Gasteiger partial charge on any atom is -0.361 e. The van der Waals surface area contributed by atoms with Crippen LogP contribution in [-0.2, 0) is 19.3 Å². The predicted octanol–water partition coefficient (Wildman–Crippen LogP) is 4.50. The Balaban J connectivity index is 1.37. The van der Waals surface area contributed by atoms with Crippen LogP contribution in [0.3, 0.4) is 0 Å². The number of alkyl halides is 3. The van der Waals surface area contributed by atoms with Gasteiger partial charge in [-0.3, -0.25) is 9.80 Å². The number of rotatable bonds is 4. The van der Waals surface area contributed by atoms with Gasteiger partial charge in [0.25, 0.3) is 0 Å². The Bertz CT molecular complexity index is 908. The van der Waals surface area contributed by atoms with Gasteiger partial charge < -0.3 is 4.98 Å². The Kier molecular flexibility index (Phi) is 4.93. The van der Waals surface area contributed by atoms with E-state index in [0.717, 1.165) is 38.2 Å². The topological polar surface area (TPSA) is 22.3 Å². The molecular weight excluding hydrogens is 351 g/mol. The van der Waals surface area contributed by atoms with E-state index in [2.05, 4.69) is 33.1 Å². The van der Waals surface area contributed by atoms with E-state index in [9.17, 15) is 13.2 Å². The summed E-state index contributed by atoms with van der Waals surface area (Å²) in [6, 6.07) is 14.1. The quantitative estimate of drug-likeness (QED) is 0.727. The van der Waals surface area contributed by atoms with E-state index in [1.165, 1.54) is 23.1 Å². The van der Waals surface area contributed by atoms with Crippen LogP contribution in [0.5, 0.6) is 0 Å². The molecule has 0 radical (unpaired) electrons. The second-order valence-corrected chi connectivity index (χ2v) is 7.07. The molecule has 1 aliphatic rings. The number of piperazine rings is 1. The summed E-state index contributed by atoms with van der Waals surface area (Å²) in [7, 11) is 0. The zero-order valence-corrected chi connectivity index (χ0v) is 15.0. The van der Waals surface area contributed by atoms with Crippen molar-refractivity contribution in [1.82, 2.24) is 14.8 Å². The van der Waals surface area contributed by atoms with Crippen molar-refractivity contribution in [2.45, 2.75) is 19.3 Å². The van der Waals surface area contributed by atoms with Crippen LogP contribution < -0.4 is 0 Å². The van der Waals surface area contributed by atoms with Crippen LogP contribution in [0.2, 0.25) is 0 Å². The largest absolute Gasteiger partial charge is 0.416 e. The van der Waals surface area contributed by atoms with Crippen LogP contribution in [0.25, 0.3) is 10.9 Å². The monoisotopic (exact) mass is 373 g/mol. The zero-order chi connectivity index (χ0) is 18.9. The van der Waals surface area contributed by atoms with E-state index in [-0.39, 0.29) is 0 Å². The van der Waals surface area contributed by atoms with Gasteiger partial charge in [-0.05, 0) is 23.3 Å². The van der Waals surface area contributed by atoms with Crippen LogP contribution in [0.4, 0.5) is 13.2 Å². The highest BCUT2D eigenvalue weighted by Gasteiger charge is 2.33. The fourth-order valence-electron chi connectivity index (χ4n) is 3.78. The molecule has 1 saturated heterocycles. The van der Waals surface area contributed by atoms with E-state index in [1.807, 2.05) is 12.1 Å². The molecule has 2 heterocycles. The Morgan fingerprint density at radius 1 is 0.778 bits per heavy atom.